The quantitative estimate of drug-likeness (QED) is 0.208. The van der Waals surface area contributed by atoms with Crippen LogP contribution >= 0.6 is 11.3 Å². The minimum atomic E-state index is -0.949. The summed E-state index contributed by atoms with van der Waals surface area (Å²) < 4.78 is 5.70. The van der Waals surface area contributed by atoms with E-state index in [2.05, 4.69) is 24.3 Å². The van der Waals surface area contributed by atoms with E-state index in [-0.39, 0.29) is 29.4 Å². The zero-order valence-electron chi connectivity index (χ0n) is 19.4. The highest BCUT2D eigenvalue weighted by Crippen LogP contribution is 2.67. The molecule has 4 aliphatic rings. The van der Waals surface area contributed by atoms with E-state index < -0.39 is 17.3 Å². The van der Waals surface area contributed by atoms with Gasteiger partial charge in [-0.15, -0.1) is 11.3 Å². The number of benzene rings is 3. The molecule has 5 nitrogen and oxygen atoms in total. The van der Waals surface area contributed by atoms with Gasteiger partial charge in [0.05, 0.1) is 17.0 Å². The Balaban J connectivity index is 1.37. The molecule has 176 valence electrons. The Bertz CT molecular complexity index is 1530. The zero-order valence-corrected chi connectivity index (χ0v) is 20.2. The third kappa shape index (κ3) is 2.62. The molecule has 2 bridgehead atoms. The summed E-state index contributed by atoms with van der Waals surface area (Å²) in [5.74, 6) is -1.81. The highest BCUT2D eigenvalue weighted by molar-refractivity contribution is 7.12. The number of hydrogen-bond acceptors (Lipinski definition) is 5. The number of rotatable bonds is 3. The number of esters is 1. The molecule has 2 atom stereocenters. The fraction of sp³-hybridized carbons (Fsp3) is 0.167. The molecule has 1 aliphatic heterocycles. The Labute approximate surface area is 212 Å². The van der Waals surface area contributed by atoms with Gasteiger partial charge in [0.1, 0.15) is 4.88 Å². The first-order valence-corrected chi connectivity index (χ1v) is 12.8. The predicted molar refractivity (Wildman–Crippen MR) is 136 cm³/mol. The Hall–Kier alpha value is -4.03. The molecule has 0 spiro atoms. The molecular formula is C30H21NO4S. The van der Waals surface area contributed by atoms with E-state index in [1.54, 1.807) is 41.8 Å². The first-order valence-electron chi connectivity index (χ1n) is 11.9. The van der Waals surface area contributed by atoms with Crippen molar-refractivity contribution >= 4 is 34.8 Å². The number of carbonyl (C=O) groups excluding carboxylic acids is 3. The number of para-hydroxylation sites is 2. The zero-order chi connectivity index (χ0) is 24.6. The summed E-state index contributed by atoms with van der Waals surface area (Å²) in [5, 5.41) is 1.80. The van der Waals surface area contributed by atoms with Crippen molar-refractivity contribution in [3.05, 3.63) is 117 Å². The van der Waals surface area contributed by atoms with Gasteiger partial charge in [0.25, 0.3) is 0 Å². The summed E-state index contributed by atoms with van der Waals surface area (Å²) >= 11 is 1.28. The van der Waals surface area contributed by atoms with E-state index in [1.165, 1.54) is 16.2 Å². The molecule has 3 aromatic carbocycles. The van der Waals surface area contributed by atoms with Crippen LogP contribution in [0.5, 0.6) is 5.75 Å². The van der Waals surface area contributed by atoms with Crippen LogP contribution < -0.4 is 9.64 Å². The van der Waals surface area contributed by atoms with Gasteiger partial charge in [0.2, 0.25) is 11.8 Å². The van der Waals surface area contributed by atoms with Crippen molar-refractivity contribution in [2.75, 3.05) is 4.90 Å². The summed E-state index contributed by atoms with van der Waals surface area (Å²) in [6, 6.07) is 26.6. The first kappa shape index (κ1) is 21.3. The lowest BCUT2D eigenvalue weighted by Crippen LogP contribution is -2.49. The number of thiophene rings is 1. The predicted octanol–water partition coefficient (Wildman–Crippen LogP) is 5.75. The van der Waals surface area contributed by atoms with Gasteiger partial charge in [0.15, 0.2) is 5.75 Å². The lowest BCUT2D eigenvalue weighted by atomic mass is 9.48. The Morgan fingerprint density at radius 2 is 1.44 bits per heavy atom. The fourth-order valence-electron chi connectivity index (χ4n) is 6.62. The highest BCUT2D eigenvalue weighted by Gasteiger charge is 2.69. The van der Waals surface area contributed by atoms with Gasteiger partial charge < -0.3 is 4.74 Å². The van der Waals surface area contributed by atoms with Gasteiger partial charge >= 0.3 is 5.97 Å². The summed E-state index contributed by atoms with van der Waals surface area (Å²) in [5.41, 5.74) is 3.81. The van der Waals surface area contributed by atoms with Crippen LogP contribution in [0.4, 0.5) is 5.69 Å². The molecule has 1 saturated heterocycles. The number of carbonyl (C=O) groups is 3. The number of anilines is 1. The molecular weight excluding hydrogens is 470 g/mol. The van der Waals surface area contributed by atoms with Crippen LogP contribution in [0.2, 0.25) is 0 Å². The highest BCUT2D eigenvalue weighted by atomic mass is 32.1. The largest absolute Gasteiger partial charge is 0.420 e. The lowest BCUT2D eigenvalue weighted by Gasteiger charge is -2.51. The minimum Gasteiger partial charge on any atom is -0.420 e. The molecule has 3 aliphatic carbocycles. The summed E-state index contributed by atoms with van der Waals surface area (Å²) in [6.07, 6.45) is 0. The maximum absolute atomic E-state index is 14.3. The van der Waals surface area contributed by atoms with Gasteiger partial charge in [-0.1, -0.05) is 66.7 Å². The topological polar surface area (TPSA) is 63.7 Å². The number of hydrogen-bond donors (Lipinski definition) is 0. The fourth-order valence-corrected chi connectivity index (χ4v) is 7.22. The molecule has 0 unspecified atom stereocenters. The van der Waals surface area contributed by atoms with Crippen molar-refractivity contribution in [3.63, 3.8) is 0 Å². The molecule has 2 heterocycles. The maximum Gasteiger partial charge on any atom is 0.353 e. The lowest BCUT2D eigenvalue weighted by molar-refractivity contribution is -0.128. The molecule has 2 amide bonds. The molecule has 0 radical (unpaired) electrons. The van der Waals surface area contributed by atoms with Crippen LogP contribution in [-0.2, 0) is 9.59 Å². The third-order valence-corrected chi connectivity index (χ3v) is 8.89. The second-order valence-electron chi connectivity index (χ2n) is 9.74. The van der Waals surface area contributed by atoms with Crippen LogP contribution in [0.1, 0.15) is 50.7 Å². The van der Waals surface area contributed by atoms with E-state index in [0.717, 1.165) is 22.3 Å². The van der Waals surface area contributed by atoms with Gasteiger partial charge in [-0.3, -0.25) is 9.59 Å². The Morgan fingerprint density at radius 3 is 2.08 bits per heavy atom. The van der Waals surface area contributed by atoms with Crippen molar-refractivity contribution in [3.8, 4) is 5.75 Å². The van der Waals surface area contributed by atoms with Crippen molar-refractivity contribution in [1.82, 2.24) is 0 Å². The summed E-state index contributed by atoms with van der Waals surface area (Å²) in [4.78, 5) is 43.0. The summed E-state index contributed by atoms with van der Waals surface area (Å²) in [7, 11) is 0. The average molecular weight is 492 g/mol. The second kappa shape index (κ2) is 7.48. The number of amides is 2. The molecule has 1 fully saturated rings. The van der Waals surface area contributed by atoms with Crippen LogP contribution in [0.25, 0.3) is 0 Å². The standard InChI is InChI=1S/C30H21NO4S/c1-30-25-19-11-4-2-9-17(19)24(18-10-3-5-12-20(18)25)26(30)27(32)31(29(30)34)21-13-6-7-14-22(21)35-28(33)23-15-8-16-36-23/h2-16,24-26H,1H3/t24?,25?,26-,30+/m1/s1. The van der Waals surface area contributed by atoms with Crippen molar-refractivity contribution < 1.29 is 19.1 Å². The second-order valence-corrected chi connectivity index (χ2v) is 10.7. The monoisotopic (exact) mass is 491 g/mol. The smallest absolute Gasteiger partial charge is 0.353 e. The SMILES string of the molecule is C[C@@]12C(=O)N(c3ccccc3OC(=O)c3cccs3)C(=O)[C@H]1C1c3ccccc3C2c2ccccc21. The van der Waals surface area contributed by atoms with Gasteiger partial charge in [-0.2, -0.15) is 0 Å². The Kier molecular flexibility index (Phi) is 4.42. The van der Waals surface area contributed by atoms with Crippen molar-refractivity contribution in [2.45, 2.75) is 18.8 Å². The molecule has 6 heteroatoms. The molecule has 4 aromatic rings. The van der Waals surface area contributed by atoms with E-state index >= 15 is 0 Å². The van der Waals surface area contributed by atoms with Gasteiger partial charge in [0, 0.05) is 11.8 Å². The number of imide groups is 1. The Morgan fingerprint density at radius 1 is 0.833 bits per heavy atom. The first-order chi connectivity index (χ1) is 17.5. The van der Waals surface area contributed by atoms with Crippen LogP contribution in [0.15, 0.2) is 90.3 Å². The minimum absolute atomic E-state index is 0.197. The van der Waals surface area contributed by atoms with E-state index in [1.807, 2.05) is 31.2 Å². The number of ether oxygens (including phenoxy) is 1. The van der Waals surface area contributed by atoms with E-state index in [0.29, 0.717) is 10.6 Å². The molecule has 0 N–H and O–H groups in total. The van der Waals surface area contributed by atoms with Crippen LogP contribution in [0, 0.1) is 11.3 Å². The third-order valence-electron chi connectivity index (χ3n) is 8.04. The maximum atomic E-state index is 14.3. The number of nitrogens with zero attached hydrogens (tertiary/aromatic N) is 1. The van der Waals surface area contributed by atoms with E-state index in [4.69, 9.17) is 4.74 Å². The normalized spacial score (nSPS) is 25.4. The van der Waals surface area contributed by atoms with Crippen molar-refractivity contribution in [1.29, 1.82) is 0 Å². The molecule has 1 aromatic heterocycles. The van der Waals surface area contributed by atoms with Crippen LogP contribution in [-0.4, -0.2) is 17.8 Å². The van der Waals surface area contributed by atoms with E-state index in [9.17, 15) is 14.4 Å². The molecule has 36 heavy (non-hydrogen) atoms. The van der Waals surface area contributed by atoms with Gasteiger partial charge in [-0.05, 0) is 52.8 Å². The average Bonchev–Trinajstić information content (AvgIpc) is 3.51. The van der Waals surface area contributed by atoms with Gasteiger partial charge in [-0.25, -0.2) is 9.69 Å². The van der Waals surface area contributed by atoms with Crippen LogP contribution in [0.3, 0.4) is 0 Å². The summed E-state index contributed by atoms with van der Waals surface area (Å²) in [6.45, 7) is 1.93. The molecule has 0 saturated carbocycles. The van der Waals surface area contributed by atoms with Crippen molar-refractivity contribution in [2.24, 2.45) is 11.3 Å². The molecule has 8 rings (SSSR count).